The molecule has 59 heavy (non-hydrogen) atoms. The molecule has 5 nitrogen and oxygen atoms in total. The molecule has 0 N–H and O–H groups in total. The van der Waals surface area contributed by atoms with Crippen molar-refractivity contribution < 1.29 is 24.5 Å². The Kier molecular flexibility index (Phi) is 12.3. The molecule has 4 heterocycles. The van der Waals surface area contributed by atoms with Crippen LogP contribution >= 0.6 is 0 Å². The average Bonchev–Trinajstić information content (AvgIpc) is 3.79. The Morgan fingerprint density at radius 3 is 2.14 bits per heavy atom. The summed E-state index contributed by atoms with van der Waals surface area (Å²) in [6.07, 6.45) is 3.27. The number of rotatable bonds is 7. The molecule has 0 amide bonds. The Morgan fingerprint density at radius 1 is 0.729 bits per heavy atom. The van der Waals surface area contributed by atoms with E-state index in [1.54, 1.807) is 4.40 Å². The third-order valence-corrected chi connectivity index (χ3v) is 14.8. The number of imidazole rings is 1. The summed E-state index contributed by atoms with van der Waals surface area (Å²) in [6.45, 7) is 11.0. The van der Waals surface area contributed by atoms with Gasteiger partial charge in [0.1, 0.15) is 0 Å². The van der Waals surface area contributed by atoms with Crippen molar-refractivity contribution in [3.05, 3.63) is 163 Å². The van der Waals surface area contributed by atoms with Gasteiger partial charge >= 0.3 is 126 Å². The molecule has 0 saturated carbocycles. The van der Waals surface area contributed by atoms with Gasteiger partial charge in [-0.05, 0) is 47.5 Å². The molecule has 9 aromatic rings. The molecule has 0 atom stereocenters. The minimum absolute atomic E-state index is 0. The number of aromatic nitrogens is 4. The van der Waals surface area contributed by atoms with Crippen LogP contribution < -0.4 is 4.40 Å². The first kappa shape index (κ1) is 42.0. The second-order valence-corrected chi connectivity index (χ2v) is 28.1. The molecule has 5 aromatic carbocycles. The molecule has 9 rings (SSSR count). The molecule has 299 valence electrons. The number of benzene rings is 5. The van der Waals surface area contributed by atoms with Gasteiger partial charge in [0.25, 0.3) is 0 Å². The predicted molar refractivity (Wildman–Crippen MR) is 245 cm³/mol. The van der Waals surface area contributed by atoms with Crippen LogP contribution in [0.5, 0.6) is 0 Å². The molecule has 1 radical (unpaired) electrons. The van der Waals surface area contributed by atoms with Crippen LogP contribution in [-0.2, 0) is 31.9 Å². The van der Waals surface area contributed by atoms with Crippen LogP contribution in [0.15, 0.2) is 144 Å². The van der Waals surface area contributed by atoms with Crippen molar-refractivity contribution in [1.29, 1.82) is 0 Å². The molecule has 0 aliphatic rings. The Bertz CT molecular complexity index is 2850. The van der Waals surface area contributed by atoms with E-state index >= 15 is 0 Å². The minimum Gasteiger partial charge on any atom is 0 e. The summed E-state index contributed by atoms with van der Waals surface area (Å²) in [5.41, 5.74) is 12.4. The molecular formula is C52H50GeIrN4O-2. The van der Waals surface area contributed by atoms with Gasteiger partial charge in [0.2, 0.25) is 5.71 Å². The zero-order valence-electron chi connectivity index (χ0n) is 35.1. The Hall–Kier alpha value is -5.14. The van der Waals surface area contributed by atoms with E-state index in [0.29, 0.717) is 11.6 Å². The molecule has 0 aliphatic heterocycles. The molecule has 4 aromatic heterocycles. The first-order valence-corrected chi connectivity index (χ1v) is 27.5. The monoisotopic (exact) mass is 1010 g/mol. The maximum atomic E-state index is 6.14. The topological polar surface area (TPSA) is 56.7 Å². The second-order valence-electron chi connectivity index (χ2n) is 17.5. The standard InChI is InChI=1S/C34H26N3O.C18H24GeN.Ir/c1-34(2,3)31-20-18-26-27-21-24(15-19-30(27)38-33(26)36-31)32-35-28-11-7-8-12-29(28)37(32)25-16-13-23(14-17-25)22-9-5-4-6-10-22;1-14(2)11-16-12-18(15-9-7-6-8-10-15)20-13-17(16)19(3,4)5;/h4-14,16-21H,1-3H3;6-9,12-14H,11H2,1-5H3;/q2*-1;. The van der Waals surface area contributed by atoms with E-state index in [-0.39, 0.29) is 25.5 Å². The van der Waals surface area contributed by atoms with Crippen molar-refractivity contribution in [3.63, 3.8) is 0 Å². The van der Waals surface area contributed by atoms with E-state index in [4.69, 9.17) is 19.4 Å². The number of hydrogen-bond donors (Lipinski definition) is 0. The maximum absolute atomic E-state index is 6.14. The fourth-order valence-electron chi connectivity index (χ4n) is 7.53. The van der Waals surface area contributed by atoms with Crippen LogP contribution in [-0.4, -0.2) is 32.8 Å². The quantitative estimate of drug-likeness (QED) is 0.118. The van der Waals surface area contributed by atoms with Crippen molar-refractivity contribution in [2.45, 2.75) is 63.7 Å². The van der Waals surface area contributed by atoms with E-state index in [9.17, 15) is 0 Å². The fraction of sp³-hybridized carbons (Fsp3) is 0.212. The number of nitrogens with zero attached hydrogens (tertiary/aromatic N) is 4. The molecule has 0 aliphatic carbocycles. The average molecular weight is 1010 g/mol. The molecule has 0 spiro atoms. The fourth-order valence-corrected chi connectivity index (χ4v) is 10.9. The summed E-state index contributed by atoms with van der Waals surface area (Å²) < 4.78 is 9.89. The number of para-hydroxylation sites is 2. The van der Waals surface area contributed by atoms with E-state index in [1.807, 2.05) is 36.4 Å². The van der Waals surface area contributed by atoms with Gasteiger partial charge in [-0.15, -0.1) is 23.8 Å². The van der Waals surface area contributed by atoms with Crippen LogP contribution in [0.2, 0.25) is 17.3 Å². The van der Waals surface area contributed by atoms with E-state index in [2.05, 4.69) is 172 Å². The predicted octanol–water partition coefficient (Wildman–Crippen LogP) is 13.0. The van der Waals surface area contributed by atoms with Gasteiger partial charge in [-0.2, -0.15) is 0 Å². The second kappa shape index (κ2) is 17.2. The van der Waals surface area contributed by atoms with E-state index in [0.717, 1.165) is 67.8 Å². The zero-order chi connectivity index (χ0) is 40.6. The SMILES string of the molecule is CC(C)(C)c1ccc2c(n1)oc1c[c-]c(-c3nc4ccccc4n3-c3ccc(-c4ccccc4)cc3)cc12.CC(C)Cc1cc(-c2[c-]cccc2)nc[c]1[Ge]([CH3])([CH3])[CH3].[Ir]. The van der Waals surface area contributed by atoms with Crippen LogP contribution in [0.3, 0.4) is 0 Å². The molecular weight excluding hydrogens is 961 g/mol. The summed E-state index contributed by atoms with van der Waals surface area (Å²) in [5.74, 6) is 8.84. The summed E-state index contributed by atoms with van der Waals surface area (Å²) in [7, 11) is 0. The van der Waals surface area contributed by atoms with Crippen LogP contribution in [0, 0.1) is 18.1 Å². The van der Waals surface area contributed by atoms with Crippen molar-refractivity contribution in [1.82, 2.24) is 19.5 Å². The molecule has 0 unspecified atom stereocenters. The molecule has 0 bridgehead atoms. The summed E-state index contributed by atoms with van der Waals surface area (Å²) in [4.78, 5) is 14.6. The first-order chi connectivity index (χ1) is 27.8. The molecule has 0 saturated heterocycles. The van der Waals surface area contributed by atoms with Crippen molar-refractivity contribution >= 4 is 50.8 Å². The van der Waals surface area contributed by atoms with Gasteiger partial charge in [-0.1, -0.05) is 80.8 Å². The van der Waals surface area contributed by atoms with Gasteiger partial charge in [0.05, 0.1) is 22.4 Å². The van der Waals surface area contributed by atoms with Gasteiger partial charge in [-0.25, -0.2) is 4.98 Å². The van der Waals surface area contributed by atoms with Gasteiger partial charge in [-0.3, -0.25) is 4.98 Å². The Labute approximate surface area is 364 Å². The molecule has 7 heteroatoms. The normalized spacial score (nSPS) is 11.8. The van der Waals surface area contributed by atoms with Gasteiger partial charge in [0, 0.05) is 42.3 Å². The van der Waals surface area contributed by atoms with E-state index in [1.165, 1.54) is 16.7 Å². The largest absolute Gasteiger partial charge is 0 e. The number of fused-ring (bicyclic) bond motifs is 4. The number of furan rings is 1. The summed E-state index contributed by atoms with van der Waals surface area (Å²) in [6, 6.07) is 52.6. The van der Waals surface area contributed by atoms with Gasteiger partial charge in [0.15, 0.2) is 0 Å². The Balaban J connectivity index is 0.000000214. The first-order valence-electron chi connectivity index (χ1n) is 20.2. The van der Waals surface area contributed by atoms with Crippen LogP contribution in [0.4, 0.5) is 0 Å². The maximum Gasteiger partial charge on any atom is 0 e. The van der Waals surface area contributed by atoms with E-state index < -0.39 is 13.3 Å². The molecule has 0 fully saturated rings. The third kappa shape index (κ3) is 9.06. The Morgan fingerprint density at radius 2 is 1.44 bits per heavy atom. The van der Waals surface area contributed by atoms with Crippen molar-refractivity contribution in [3.8, 4) is 39.5 Å². The summed E-state index contributed by atoms with van der Waals surface area (Å²) >= 11 is -1.86. The van der Waals surface area contributed by atoms with Crippen molar-refractivity contribution in [2.24, 2.45) is 5.92 Å². The third-order valence-electron chi connectivity index (χ3n) is 10.5. The van der Waals surface area contributed by atoms with Crippen molar-refractivity contribution in [2.75, 3.05) is 0 Å². The number of hydrogen-bond acceptors (Lipinski definition) is 4. The number of pyridine rings is 2. The zero-order valence-corrected chi connectivity index (χ0v) is 39.6. The van der Waals surface area contributed by atoms with Gasteiger partial charge < -0.3 is 8.98 Å². The summed E-state index contributed by atoms with van der Waals surface area (Å²) in [5, 5.41) is 2.01. The van der Waals surface area contributed by atoms with Crippen LogP contribution in [0.25, 0.3) is 72.6 Å². The van der Waals surface area contributed by atoms with Crippen LogP contribution in [0.1, 0.15) is 45.9 Å². The minimum atomic E-state index is -1.86. The smallest absolute Gasteiger partial charge is 0 e.